The Morgan fingerprint density at radius 2 is 1.97 bits per heavy atom. The van der Waals surface area contributed by atoms with Crippen LogP contribution in [0.5, 0.6) is 0 Å². The minimum absolute atomic E-state index is 0.0882. The van der Waals surface area contributed by atoms with Crippen molar-refractivity contribution in [1.29, 1.82) is 0 Å². The van der Waals surface area contributed by atoms with Gasteiger partial charge in [-0.15, -0.1) is 5.10 Å². The third kappa shape index (κ3) is 4.29. The zero-order valence-electron chi connectivity index (χ0n) is 16.6. The number of nitrogens with zero attached hydrogens (tertiary/aromatic N) is 5. The van der Waals surface area contributed by atoms with Crippen molar-refractivity contribution in [3.8, 4) is 5.69 Å². The highest BCUT2D eigenvalue weighted by atomic mass is 32.2. The van der Waals surface area contributed by atoms with E-state index in [1.807, 2.05) is 35.4 Å². The first-order valence-corrected chi connectivity index (χ1v) is 11.4. The molecule has 29 heavy (non-hydrogen) atoms. The van der Waals surface area contributed by atoms with Crippen LogP contribution in [-0.2, 0) is 9.59 Å². The molecule has 0 radical (unpaired) electrons. The van der Waals surface area contributed by atoms with Gasteiger partial charge in [-0.05, 0) is 60.6 Å². The van der Waals surface area contributed by atoms with Gasteiger partial charge in [-0.1, -0.05) is 37.1 Å². The van der Waals surface area contributed by atoms with Crippen LogP contribution in [0.1, 0.15) is 44.9 Å². The van der Waals surface area contributed by atoms with Gasteiger partial charge in [0.25, 0.3) is 0 Å². The van der Waals surface area contributed by atoms with E-state index >= 15 is 0 Å². The molecule has 2 aliphatic rings. The van der Waals surface area contributed by atoms with Crippen molar-refractivity contribution in [3.05, 3.63) is 24.3 Å². The number of likely N-dealkylation sites (tertiary alicyclic amines) is 1. The quantitative estimate of drug-likeness (QED) is 0.756. The summed E-state index contributed by atoms with van der Waals surface area (Å²) in [5.74, 6) is 0.130. The Morgan fingerprint density at radius 1 is 1.14 bits per heavy atom. The van der Waals surface area contributed by atoms with E-state index in [0.717, 1.165) is 37.8 Å². The van der Waals surface area contributed by atoms with Crippen LogP contribution in [0.3, 0.4) is 0 Å². The zero-order valence-corrected chi connectivity index (χ0v) is 17.4. The fourth-order valence-corrected chi connectivity index (χ4v) is 4.73. The number of hydrogen-bond acceptors (Lipinski definition) is 6. The van der Waals surface area contributed by atoms with Crippen molar-refractivity contribution in [2.45, 2.75) is 56.1 Å². The summed E-state index contributed by atoms with van der Waals surface area (Å²) in [6.45, 7) is 0.676. The SMILES string of the molecule is CSc1nnnn1-c1cccc(NC(=O)C2CCCN2C(=O)C2CCCCC2)c1. The lowest BCUT2D eigenvalue weighted by molar-refractivity contribution is -0.141. The highest BCUT2D eigenvalue weighted by Gasteiger charge is 2.37. The molecule has 1 aromatic carbocycles. The number of thioether (sulfide) groups is 1. The molecule has 1 N–H and O–H groups in total. The number of tetrazole rings is 1. The lowest BCUT2D eigenvalue weighted by Gasteiger charge is -2.30. The number of benzene rings is 1. The molecular formula is C20H26N6O2S. The Labute approximate surface area is 174 Å². The second kappa shape index (κ2) is 8.94. The van der Waals surface area contributed by atoms with E-state index in [9.17, 15) is 9.59 Å². The average Bonchev–Trinajstić information content (AvgIpc) is 3.43. The second-order valence-corrected chi connectivity index (χ2v) is 8.41. The number of hydrogen-bond donors (Lipinski definition) is 1. The lowest BCUT2D eigenvalue weighted by Crippen LogP contribution is -2.46. The van der Waals surface area contributed by atoms with Gasteiger partial charge in [-0.2, -0.15) is 4.68 Å². The highest BCUT2D eigenvalue weighted by molar-refractivity contribution is 7.98. The summed E-state index contributed by atoms with van der Waals surface area (Å²) < 4.78 is 1.63. The molecule has 1 atom stereocenters. The molecule has 2 heterocycles. The molecule has 2 aromatic rings. The van der Waals surface area contributed by atoms with Crippen LogP contribution >= 0.6 is 11.8 Å². The van der Waals surface area contributed by atoms with Gasteiger partial charge < -0.3 is 10.2 Å². The van der Waals surface area contributed by atoms with Crippen LogP contribution < -0.4 is 5.32 Å². The third-order valence-electron chi connectivity index (χ3n) is 5.77. The molecule has 1 unspecified atom stereocenters. The molecule has 1 aliphatic heterocycles. The summed E-state index contributed by atoms with van der Waals surface area (Å²) in [5, 5.41) is 15.4. The van der Waals surface area contributed by atoms with Crippen molar-refractivity contribution < 1.29 is 9.59 Å². The maximum absolute atomic E-state index is 13.0. The van der Waals surface area contributed by atoms with Gasteiger partial charge in [0.1, 0.15) is 6.04 Å². The lowest BCUT2D eigenvalue weighted by atomic mass is 9.88. The number of nitrogens with one attached hydrogen (secondary N) is 1. The maximum Gasteiger partial charge on any atom is 0.247 e. The van der Waals surface area contributed by atoms with E-state index in [1.165, 1.54) is 18.2 Å². The van der Waals surface area contributed by atoms with Crippen molar-refractivity contribution in [2.75, 3.05) is 18.1 Å². The van der Waals surface area contributed by atoms with Crippen molar-refractivity contribution >= 4 is 29.3 Å². The van der Waals surface area contributed by atoms with Crippen LogP contribution in [0.25, 0.3) is 5.69 Å². The molecular weight excluding hydrogens is 388 g/mol. The summed E-state index contributed by atoms with van der Waals surface area (Å²) in [5.41, 5.74) is 1.45. The van der Waals surface area contributed by atoms with E-state index in [-0.39, 0.29) is 23.8 Å². The van der Waals surface area contributed by atoms with Crippen LogP contribution in [-0.4, -0.2) is 55.8 Å². The number of carbonyl (C=O) groups excluding carboxylic acids is 2. The van der Waals surface area contributed by atoms with E-state index < -0.39 is 0 Å². The predicted molar refractivity (Wildman–Crippen MR) is 111 cm³/mol. The molecule has 1 aromatic heterocycles. The molecule has 4 rings (SSSR count). The highest BCUT2D eigenvalue weighted by Crippen LogP contribution is 2.29. The molecule has 154 valence electrons. The predicted octanol–water partition coefficient (Wildman–Crippen LogP) is 2.89. The number of carbonyl (C=O) groups is 2. The molecule has 2 amide bonds. The molecule has 2 fully saturated rings. The molecule has 9 heteroatoms. The largest absolute Gasteiger partial charge is 0.330 e. The number of rotatable bonds is 5. The van der Waals surface area contributed by atoms with Gasteiger partial charge >= 0.3 is 0 Å². The topological polar surface area (TPSA) is 93.0 Å². The van der Waals surface area contributed by atoms with E-state index in [2.05, 4.69) is 20.8 Å². The Balaban J connectivity index is 1.46. The van der Waals surface area contributed by atoms with Gasteiger partial charge in [0, 0.05) is 18.2 Å². The molecule has 1 saturated heterocycles. The van der Waals surface area contributed by atoms with E-state index in [0.29, 0.717) is 23.8 Å². The summed E-state index contributed by atoms with van der Waals surface area (Å²) in [7, 11) is 0. The normalized spacial score (nSPS) is 20.0. The summed E-state index contributed by atoms with van der Waals surface area (Å²) in [4.78, 5) is 27.8. The second-order valence-electron chi connectivity index (χ2n) is 7.64. The maximum atomic E-state index is 13.0. The third-order valence-corrected chi connectivity index (χ3v) is 6.39. The Morgan fingerprint density at radius 3 is 2.76 bits per heavy atom. The number of amides is 2. The van der Waals surface area contributed by atoms with Crippen LogP contribution in [0.2, 0.25) is 0 Å². The van der Waals surface area contributed by atoms with Gasteiger partial charge in [0.15, 0.2) is 0 Å². The van der Waals surface area contributed by atoms with Crippen LogP contribution in [0.4, 0.5) is 5.69 Å². The first-order chi connectivity index (χ1) is 14.2. The average molecular weight is 415 g/mol. The monoisotopic (exact) mass is 414 g/mol. The van der Waals surface area contributed by atoms with Gasteiger partial charge in [0.2, 0.25) is 17.0 Å². The molecule has 1 saturated carbocycles. The summed E-state index contributed by atoms with van der Waals surface area (Å²) >= 11 is 1.45. The van der Waals surface area contributed by atoms with E-state index in [4.69, 9.17) is 0 Å². The van der Waals surface area contributed by atoms with Crippen molar-refractivity contribution in [2.24, 2.45) is 5.92 Å². The zero-order chi connectivity index (χ0) is 20.2. The molecule has 0 bridgehead atoms. The number of anilines is 1. The molecule has 0 spiro atoms. The first kappa shape index (κ1) is 19.9. The Bertz CT molecular complexity index is 879. The Kier molecular flexibility index (Phi) is 6.13. The van der Waals surface area contributed by atoms with Gasteiger partial charge in [-0.25, -0.2) is 0 Å². The molecule has 1 aliphatic carbocycles. The molecule has 8 nitrogen and oxygen atoms in total. The summed E-state index contributed by atoms with van der Waals surface area (Å²) in [6.07, 6.45) is 8.85. The number of aromatic nitrogens is 4. The van der Waals surface area contributed by atoms with Crippen LogP contribution in [0.15, 0.2) is 29.4 Å². The van der Waals surface area contributed by atoms with Gasteiger partial charge in [0.05, 0.1) is 5.69 Å². The van der Waals surface area contributed by atoms with Crippen molar-refractivity contribution in [1.82, 2.24) is 25.1 Å². The summed E-state index contributed by atoms with van der Waals surface area (Å²) in [6, 6.07) is 7.04. The van der Waals surface area contributed by atoms with E-state index in [1.54, 1.807) is 4.68 Å². The smallest absolute Gasteiger partial charge is 0.247 e. The minimum Gasteiger partial charge on any atom is -0.330 e. The fraction of sp³-hybridized carbons (Fsp3) is 0.550. The fourth-order valence-electron chi connectivity index (χ4n) is 4.30. The van der Waals surface area contributed by atoms with Crippen molar-refractivity contribution in [3.63, 3.8) is 0 Å². The standard InChI is InChI=1S/C20H26N6O2S/c1-29-20-22-23-24-26(20)16-10-5-9-15(13-16)21-18(27)17-11-6-12-25(17)19(28)14-7-3-2-4-8-14/h5,9-10,13-14,17H,2-4,6-8,11-12H2,1H3,(H,21,27). The van der Waals surface area contributed by atoms with Crippen LogP contribution in [0, 0.1) is 5.92 Å². The first-order valence-electron chi connectivity index (χ1n) is 10.2. The minimum atomic E-state index is -0.386. The van der Waals surface area contributed by atoms with Gasteiger partial charge in [-0.3, -0.25) is 9.59 Å². The Hall–Kier alpha value is -2.42.